The molecule has 0 spiro atoms. The molecule has 2 N–H and O–H groups in total. The molecule has 0 aromatic carbocycles. The van der Waals surface area contributed by atoms with Crippen LogP contribution < -0.4 is 5.32 Å². The van der Waals surface area contributed by atoms with Gasteiger partial charge in [-0.3, -0.25) is 4.90 Å². The van der Waals surface area contributed by atoms with Crippen LogP contribution in [0.3, 0.4) is 0 Å². The standard InChI is InChI=1S/C17H37N3O/c1-5-10-18-17(6-2,15-21)9-7-12-20-13-8-11-19(4)14-16(20)3/h16,18,21H,5-15H2,1-4H3. The van der Waals surface area contributed by atoms with Crippen LogP contribution in [-0.4, -0.2) is 72.9 Å². The molecule has 4 heteroatoms. The zero-order chi connectivity index (χ0) is 15.7. The van der Waals surface area contributed by atoms with Crippen LogP contribution in [-0.2, 0) is 0 Å². The molecule has 1 heterocycles. The first-order chi connectivity index (χ1) is 10.1. The molecule has 21 heavy (non-hydrogen) atoms. The van der Waals surface area contributed by atoms with Crippen LogP contribution in [0.2, 0.25) is 0 Å². The zero-order valence-corrected chi connectivity index (χ0v) is 14.7. The van der Waals surface area contributed by atoms with Gasteiger partial charge in [-0.05, 0) is 72.3 Å². The van der Waals surface area contributed by atoms with Crippen molar-refractivity contribution in [3.05, 3.63) is 0 Å². The third-order valence-corrected chi connectivity index (χ3v) is 5.01. The Morgan fingerprint density at radius 2 is 2.05 bits per heavy atom. The number of nitrogens with zero attached hydrogens (tertiary/aromatic N) is 2. The van der Waals surface area contributed by atoms with E-state index in [1.807, 2.05) is 0 Å². The lowest BCUT2D eigenvalue weighted by Crippen LogP contribution is -2.49. The van der Waals surface area contributed by atoms with Gasteiger partial charge >= 0.3 is 0 Å². The molecule has 4 nitrogen and oxygen atoms in total. The van der Waals surface area contributed by atoms with E-state index in [-0.39, 0.29) is 12.1 Å². The van der Waals surface area contributed by atoms with Crippen LogP contribution in [0.15, 0.2) is 0 Å². The smallest absolute Gasteiger partial charge is 0.0613 e. The van der Waals surface area contributed by atoms with E-state index in [4.69, 9.17) is 0 Å². The second-order valence-electron chi connectivity index (χ2n) is 6.82. The van der Waals surface area contributed by atoms with Crippen molar-refractivity contribution in [2.24, 2.45) is 0 Å². The molecule has 126 valence electrons. The Bertz CT molecular complexity index is 269. The molecule has 0 bridgehead atoms. The summed E-state index contributed by atoms with van der Waals surface area (Å²) >= 11 is 0. The topological polar surface area (TPSA) is 38.7 Å². The predicted molar refractivity (Wildman–Crippen MR) is 90.8 cm³/mol. The first-order valence-corrected chi connectivity index (χ1v) is 8.85. The van der Waals surface area contributed by atoms with Crippen molar-refractivity contribution >= 4 is 0 Å². The lowest BCUT2D eigenvalue weighted by molar-refractivity contribution is 0.133. The van der Waals surface area contributed by atoms with Crippen molar-refractivity contribution in [3.8, 4) is 0 Å². The van der Waals surface area contributed by atoms with Crippen LogP contribution in [0.4, 0.5) is 0 Å². The van der Waals surface area contributed by atoms with Crippen LogP contribution in [0.5, 0.6) is 0 Å². The summed E-state index contributed by atoms with van der Waals surface area (Å²) in [6.45, 7) is 12.7. The molecular weight excluding hydrogens is 262 g/mol. The van der Waals surface area contributed by atoms with Gasteiger partial charge in [-0.15, -0.1) is 0 Å². The van der Waals surface area contributed by atoms with Gasteiger partial charge in [-0.25, -0.2) is 0 Å². The van der Waals surface area contributed by atoms with E-state index in [0.717, 1.165) is 32.4 Å². The lowest BCUT2D eigenvalue weighted by atomic mass is 9.90. The Balaban J connectivity index is 2.41. The number of rotatable bonds is 9. The molecule has 1 fully saturated rings. The maximum Gasteiger partial charge on any atom is 0.0613 e. The largest absolute Gasteiger partial charge is 0.394 e. The third-order valence-electron chi connectivity index (χ3n) is 5.01. The summed E-state index contributed by atoms with van der Waals surface area (Å²) in [5.74, 6) is 0. The van der Waals surface area contributed by atoms with Crippen molar-refractivity contribution in [2.45, 2.75) is 64.5 Å². The Morgan fingerprint density at radius 1 is 1.29 bits per heavy atom. The van der Waals surface area contributed by atoms with Gasteiger partial charge in [0.25, 0.3) is 0 Å². The summed E-state index contributed by atoms with van der Waals surface area (Å²) in [5.41, 5.74) is -0.0676. The van der Waals surface area contributed by atoms with Gasteiger partial charge in [-0.2, -0.15) is 0 Å². The van der Waals surface area contributed by atoms with Crippen molar-refractivity contribution in [3.63, 3.8) is 0 Å². The summed E-state index contributed by atoms with van der Waals surface area (Å²) in [6, 6.07) is 0.645. The van der Waals surface area contributed by atoms with Crippen LogP contribution in [0.1, 0.15) is 52.9 Å². The Kier molecular flexibility index (Phi) is 8.79. The fourth-order valence-corrected chi connectivity index (χ4v) is 3.40. The molecule has 1 rings (SSSR count). The highest BCUT2D eigenvalue weighted by molar-refractivity contribution is 4.86. The van der Waals surface area contributed by atoms with Gasteiger partial charge in [0.2, 0.25) is 0 Å². The Morgan fingerprint density at radius 3 is 2.67 bits per heavy atom. The molecule has 1 aliphatic rings. The number of hydrogen-bond acceptors (Lipinski definition) is 4. The number of likely N-dealkylation sites (N-methyl/N-ethyl adjacent to an activating group) is 1. The second kappa shape index (κ2) is 9.78. The molecule has 1 aliphatic heterocycles. The predicted octanol–water partition coefficient (Wildman–Crippen LogP) is 1.93. The monoisotopic (exact) mass is 299 g/mol. The Labute approximate surface area is 131 Å². The Hall–Kier alpha value is -0.160. The average Bonchev–Trinajstić information content (AvgIpc) is 2.64. The zero-order valence-electron chi connectivity index (χ0n) is 14.7. The molecule has 0 aliphatic carbocycles. The first kappa shape index (κ1) is 18.9. The van der Waals surface area contributed by atoms with Crippen molar-refractivity contribution in [1.82, 2.24) is 15.1 Å². The summed E-state index contributed by atoms with van der Waals surface area (Å²) in [5, 5.41) is 13.4. The number of aliphatic hydroxyl groups is 1. The highest BCUT2D eigenvalue weighted by Gasteiger charge is 2.27. The second-order valence-corrected chi connectivity index (χ2v) is 6.82. The minimum atomic E-state index is -0.0676. The molecule has 1 saturated heterocycles. The van der Waals surface area contributed by atoms with Crippen LogP contribution in [0.25, 0.3) is 0 Å². The van der Waals surface area contributed by atoms with E-state index in [1.165, 1.54) is 32.5 Å². The fourth-order valence-electron chi connectivity index (χ4n) is 3.40. The van der Waals surface area contributed by atoms with Crippen molar-refractivity contribution < 1.29 is 5.11 Å². The quantitative estimate of drug-likeness (QED) is 0.682. The molecule has 0 aromatic heterocycles. The molecule has 2 atom stereocenters. The number of aliphatic hydroxyl groups excluding tert-OH is 1. The summed E-state index contributed by atoms with van der Waals surface area (Å²) in [6.07, 6.45) is 5.63. The highest BCUT2D eigenvalue weighted by Crippen LogP contribution is 2.18. The summed E-state index contributed by atoms with van der Waals surface area (Å²) < 4.78 is 0. The molecule has 0 aromatic rings. The van der Waals surface area contributed by atoms with Gasteiger partial charge in [0.1, 0.15) is 0 Å². The minimum Gasteiger partial charge on any atom is -0.394 e. The normalized spacial score (nSPS) is 24.7. The van der Waals surface area contributed by atoms with Crippen molar-refractivity contribution in [2.75, 3.05) is 46.4 Å². The van der Waals surface area contributed by atoms with Crippen molar-refractivity contribution in [1.29, 1.82) is 0 Å². The molecule has 0 radical (unpaired) electrons. The van der Waals surface area contributed by atoms with Crippen LogP contribution in [0, 0.1) is 0 Å². The van der Waals surface area contributed by atoms with E-state index < -0.39 is 0 Å². The molecular formula is C17H37N3O. The maximum absolute atomic E-state index is 9.79. The molecule has 2 unspecified atom stereocenters. The molecule has 0 saturated carbocycles. The molecule has 0 amide bonds. The van der Waals surface area contributed by atoms with E-state index in [0.29, 0.717) is 6.04 Å². The number of nitrogens with one attached hydrogen (secondary N) is 1. The van der Waals surface area contributed by atoms with E-state index in [9.17, 15) is 5.11 Å². The average molecular weight is 300 g/mol. The third kappa shape index (κ3) is 6.23. The fraction of sp³-hybridized carbons (Fsp3) is 1.00. The van der Waals surface area contributed by atoms with Gasteiger partial charge < -0.3 is 15.3 Å². The maximum atomic E-state index is 9.79. The van der Waals surface area contributed by atoms with E-state index in [2.05, 4.69) is 42.9 Å². The van der Waals surface area contributed by atoms with Gasteiger partial charge in [0.05, 0.1) is 6.61 Å². The highest BCUT2D eigenvalue weighted by atomic mass is 16.3. The van der Waals surface area contributed by atoms with Crippen LogP contribution >= 0.6 is 0 Å². The van der Waals surface area contributed by atoms with Gasteiger partial charge in [0.15, 0.2) is 0 Å². The minimum absolute atomic E-state index is 0.0676. The van der Waals surface area contributed by atoms with Gasteiger partial charge in [-0.1, -0.05) is 13.8 Å². The number of hydrogen-bond donors (Lipinski definition) is 2. The van der Waals surface area contributed by atoms with E-state index >= 15 is 0 Å². The van der Waals surface area contributed by atoms with Gasteiger partial charge in [0, 0.05) is 18.1 Å². The lowest BCUT2D eigenvalue weighted by Gasteiger charge is -2.34. The summed E-state index contributed by atoms with van der Waals surface area (Å²) in [7, 11) is 2.22. The summed E-state index contributed by atoms with van der Waals surface area (Å²) in [4.78, 5) is 5.07. The van der Waals surface area contributed by atoms with E-state index in [1.54, 1.807) is 0 Å². The SMILES string of the molecule is CCCNC(CC)(CO)CCCN1CCCN(C)CC1C. The first-order valence-electron chi connectivity index (χ1n) is 8.85.